The molecule has 0 aliphatic rings. The molecule has 0 saturated carbocycles. The first-order valence-electron chi connectivity index (χ1n) is 8.88. The Labute approximate surface area is 167 Å². The minimum atomic E-state index is -4.61. The molecule has 0 spiro atoms. The SMILES string of the molecule is CN(C)[C@@H](CNS(=O)(=O)c1cccc(C(F)(F)F)c1)c1cn(C)c2ccccc12. The number of para-hydroxylation sites is 1. The first-order chi connectivity index (χ1) is 13.5. The third-order valence-corrected chi connectivity index (χ3v) is 6.27. The molecule has 0 aliphatic heterocycles. The summed E-state index contributed by atoms with van der Waals surface area (Å²) in [5.74, 6) is 0. The number of nitrogens with zero attached hydrogens (tertiary/aromatic N) is 2. The molecule has 0 fully saturated rings. The molecule has 1 aromatic heterocycles. The van der Waals surface area contributed by atoms with Crippen LogP contribution >= 0.6 is 0 Å². The van der Waals surface area contributed by atoms with E-state index in [1.165, 1.54) is 0 Å². The van der Waals surface area contributed by atoms with Crippen LogP contribution in [-0.4, -0.2) is 38.5 Å². The maximum atomic E-state index is 12.9. The Balaban J connectivity index is 1.89. The summed E-state index contributed by atoms with van der Waals surface area (Å²) in [5.41, 5.74) is 0.938. The Hall–Kier alpha value is -2.36. The summed E-state index contributed by atoms with van der Waals surface area (Å²) >= 11 is 0. The van der Waals surface area contributed by atoms with Crippen LogP contribution in [0.3, 0.4) is 0 Å². The molecule has 9 heteroatoms. The van der Waals surface area contributed by atoms with Crippen molar-refractivity contribution in [3.8, 4) is 0 Å². The molecule has 0 aliphatic carbocycles. The highest BCUT2D eigenvalue weighted by atomic mass is 32.2. The van der Waals surface area contributed by atoms with Gasteiger partial charge in [-0.15, -0.1) is 0 Å². The van der Waals surface area contributed by atoms with Crippen molar-refractivity contribution >= 4 is 20.9 Å². The monoisotopic (exact) mass is 425 g/mol. The van der Waals surface area contributed by atoms with Gasteiger partial charge in [0.15, 0.2) is 0 Å². The van der Waals surface area contributed by atoms with E-state index in [9.17, 15) is 21.6 Å². The molecule has 0 amide bonds. The summed E-state index contributed by atoms with van der Waals surface area (Å²) in [5, 5.41) is 0.993. The first-order valence-corrected chi connectivity index (χ1v) is 10.4. The average molecular weight is 425 g/mol. The van der Waals surface area contributed by atoms with E-state index < -0.39 is 26.7 Å². The number of fused-ring (bicyclic) bond motifs is 1. The van der Waals surface area contributed by atoms with Crippen LogP contribution in [0.1, 0.15) is 17.2 Å². The molecule has 1 atom stereocenters. The number of rotatable bonds is 6. The van der Waals surface area contributed by atoms with E-state index in [4.69, 9.17) is 0 Å². The van der Waals surface area contributed by atoms with E-state index in [1.54, 1.807) is 0 Å². The molecule has 2 aromatic carbocycles. The van der Waals surface area contributed by atoms with Gasteiger partial charge in [-0.25, -0.2) is 13.1 Å². The molecular weight excluding hydrogens is 403 g/mol. The summed E-state index contributed by atoms with van der Waals surface area (Å²) in [6.07, 6.45) is -2.67. The summed E-state index contributed by atoms with van der Waals surface area (Å²) in [6, 6.07) is 11.2. The maximum Gasteiger partial charge on any atom is 0.416 e. The number of hydrogen-bond acceptors (Lipinski definition) is 3. The topological polar surface area (TPSA) is 54.3 Å². The number of nitrogens with one attached hydrogen (secondary N) is 1. The second-order valence-electron chi connectivity index (χ2n) is 7.07. The third-order valence-electron chi connectivity index (χ3n) is 4.85. The number of hydrogen-bond donors (Lipinski definition) is 1. The maximum absolute atomic E-state index is 12.9. The third kappa shape index (κ3) is 4.47. The Kier molecular flexibility index (Phi) is 5.75. The fourth-order valence-electron chi connectivity index (χ4n) is 3.32. The zero-order valence-electron chi connectivity index (χ0n) is 16.2. The van der Waals surface area contributed by atoms with Crippen LogP contribution in [-0.2, 0) is 23.2 Å². The molecule has 1 N–H and O–H groups in total. The van der Waals surface area contributed by atoms with Crippen molar-refractivity contribution in [1.82, 2.24) is 14.2 Å². The lowest BCUT2D eigenvalue weighted by molar-refractivity contribution is -0.137. The van der Waals surface area contributed by atoms with Crippen LogP contribution in [0.2, 0.25) is 0 Å². The van der Waals surface area contributed by atoms with Gasteiger partial charge in [-0.1, -0.05) is 24.3 Å². The van der Waals surface area contributed by atoms with E-state index in [0.29, 0.717) is 6.07 Å². The second kappa shape index (κ2) is 7.81. The van der Waals surface area contributed by atoms with Crippen LogP contribution in [0.15, 0.2) is 59.6 Å². The summed E-state index contributed by atoms with van der Waals surface area (Å²) in [7, 11) is 1.45. The Morgan fingerprint density at radius 3 is 2.45 bits per heavy atom. The van der Waals surface area contributed by atoms with Crippen LogP contribution < -0.4 is 4.72 Å². The van der Waals surface area contributed by atoms with Crippen molar-refractivity contribution < 1.29 is 21.6 Å². The molecule has 1 heterocycles. The van der Waals surface area contributed by atoms with Gasteiger partial charge in [0.05, 0.1) is 10.5 Å². The van der Waals surface area contributed by atoms with Gasteiger partial charge in [-0.05, 0) is 43.9 Å². The predicted octanol–water partition coefficient (Wildman–Crippen LogP) is 3.78. The van der Waals surface area contributed by atoms with Gasteiger partial charge < -0.3 is 9.47 Å². The van der Waals surface area contributed by atoms with Crippen LogP contribution in [0, 0.1) is 0 Å². The lowest BCUT2D eigenvalue weighted by Crippen LogP contribution is -2.34. The Morgan fingerprint density at radius 2 is 1.79 bits per heavy atom. The Morgan fingerprint density at radius 1 is 1.10 bits per heavy atom. The smallest absolute Gasteiger partial charge is 0.350 e. The highest BCUT2D eigenvalue weighted by Gasteiger charge is 2.32. The molecule has 0 radical (unpaired) electrons. The number of likely N-dealkylation sites (N-methyl/N-ethyl adjacent to an activating group) is 1. The van der Waals surface area contributed by atoms with Gasteiger partial charge in [-0.3, -0.25) is 0 Å². The van der Waals surface area contributed by atoms with Crippen molar-refractivity contribution in [2.24, 2.45) is 7.05 Å². The van der Waals surface area contributed by atoms with Crippen molar-refractivity contribution in [2.45, 2.75) is 17.1 Å². The molecule has 0 unspecified atom stereocenters. The van der Waals surface area contributed by atoms with Gasteiger partial charge in [0, 0.05) is 36.7 Å². The van der Waals surface area contributed by atoms with Gasteiger partial charge in [0.2, 0.25) is 10.0 Å². The molecule has 3 rings (SSSR count). The first kappa shape index (κ1) is 21.4. The van der Waals surface area contributed by atoms with E-state index in [0.717, 1.165) is 34.7 Å². The van der Waals surface area contributed by atoms with Gasteiger partial charge in [-0.2, -0.15) is 13.2 Å². The molecule has 156 valence electrons. The normalized spacial score (nSPS) is 13.9. The highest BCUT2D eigenvalue weighted by molar-refractivity contribution is 7.89. The number of aromatic nitrogens is 1. The lowest BCUT2D eigenvalue weighted by atomic mass is 10.1. The highest BCUT2D eigenvalue weighted by Crippen LogP contribution is 2.31. The van der Waals surface area contributed by atoms with Gasteiger partial charge >= 0.3 is 6.18 Å². The molecule has 3 aromatic rings. The van der Waals surface area contributed by atoms with Crippen LogP contribution in [0.25, 0.3) is 10.9 Å². The summed E-state index contributed by atoms with van der Waals surface area (Å²) in [4.78, 5) is 1.46. The summed E-state index contributed by atoms with van der Waals surface area (Å²) in [6.45, 7) is 0.0135. The fourth-order valence-corrected chi connectivity index (χ4v) is 4.40. The standard InChI is InChI=1S/C20H22F3N3O2S/c1-25(2)19(17-13-26(3)18-10-5-4-9-16(17)18)12-24-29(27,28)15-8-6-7-14(11-15)20(21,22)23/h4-11,13,19,24H,12H2,1-3H3/t19-/m0/s1. The minimum Gasteiger partial charge on any atom is -0.350 e. The fraction of sp³-hybridized carbons (Fsp3) is 0.300. The Bertz CT molecular complexity index is 1120. The van der Waals surface area contributed by atoms with E-state index >= 15 is 0 Å². The summed E-state index contributed by atoms with van der Waals surface area (Å²) < 4.78 is 68.5. The zero-order valence-corrected chi connectivity index (χ0v) is 17.1. The number of halogens is 3. The number of aryl methyl sites for hydroxylation is 1. The minimum absolute atomic E-state index is 0.0135. The van der Waals surface area contributed by atoms with E-state index in [2.05, 4.69) is 4.72 Å². The van der Waals surface area contributed by atoms with Crippen molar-refractivity contribution in [3.05, 3.63) is 65.9 Å². The van der Waals surface area contributed by atoms with Crippen LogP contribution in [0.4, 0.5) is 13.2 Å². The number of alkyl halides is 3. The molecule has 29 heavy (non-hydrogen) atoms. The quantitative estimate of drug-likeness (QED) is 0.654. The van der Waals surface area contributed by atoms with Crippen LogP contribution in [0.5, 0.6) is 0 Å². The van der Waals surface area contributed by atoms with Crippen molar-refractivity contribution in [2.75, 3.05) is 20.6 Å². The number of benzene rings is 2. The van der Waals surface area contributed by atoms with Crippen molar-refractivity contribution in [1.29, 1.82) is 0 Å². The largest absolute Gasteiger partial charge is 0.416 e. The second-order valence-corrected chi connectivity index (χ2v) is 8.84. The lowest BCUT2D eigenvalue weighted by Gasteiger charge is -2.24. The molecular formula is C20H22F3N3O2S. The zero-order chi connectivity index (χ0) is 21.4. The molecule has 0 bridgehead atoms. The molecule has 5 nitrogen and oxygen atoms in total. The van der Waals surface area contributed by atoms with E-state index in [1.807, 2.05) is 61.1 Å². The van der Waals surface area contributed by atoms with Gasteiger partial charge in [0.25, 0.3) is 0 Å². The predicted molar refractivity (Wildman–Crippen MR) is 106 cm³/mol. The number of sulfonamides is 1. The van der Waals surface area contributed by atoms with E-state index in [-0.39, 0.29) is 12.6 Å². The van der Waals surface area contributed by atoms with Gasteiger partial charge in [0.1, 0.15) is 0 Å². The molecule has 0 saturated heterocycles. The van der Waals surface area contributed by atoms with Crippen molar-refractivity contribution in [3.63, 3.8) is 0 Å². The average Bonchev–Trinajstić information content (AvgIpc) is 2.98.